The molecule has 2 rings (SSSR count). The summed E-state index contributed by atoms with van der Waals surface area (Å²) in [6.07, 6.45) is -0.338. The van der Waals surface area contributed by atoms with Crippen LogP contribution in [0.2, 0.25) is 0 Å². The molecule has 0 aromatic heterocycles. The van der Waals surface area contributed by atoms with Gasteiger partial charge in [-0.2, -0.15) is 0 Å². The SMILES string of the molecule is CC(N)C1CN(C(=O)c2cc(F)ccc2[N+](=O)[O-])CCO1. The van der Waals surface area contributed by atoms with Gasteiger partial charge in [0, 0.05) is 25.2 Å². The molecule has 0 aliphatic carbocycles. The summed E-state index contributed by atoms with van der Waals surface area (Å²) >= 11 is 0. The van der Waals surface area contributed by atoms with Gasteiger partial charge in [0.2, 0.25) is 0 Å². The molecule has 1 heterocycles. The highest BCUT2D eigenvalue weighted by molar-refractivity contribution is 5.98. The van der Waals surface area contributed by atoms with Crippen LogP contribution >= 0.6 is 0 Å². The number of nitrogens with two attached hydrogens (primary N) is 1. The van der Waals surface area contributed by atoms with Crippen LogP contribution in [0.4, 0.5) is 10.1 Å². The van der Waals surface area contributed by atoms with Crippen molar-refractivity contribution in [3.63, 3.8) is 0 Å². The highest BCUT2D eigenvalue weighted by Gasteiger charge is 2.30. The minimum atomic E-state index is -0.698. The predicted molar refractivity (Wildman–Crippen MR) is 72.3 cm³/mol. The molecular weight excluding hydrogens is 281 g/mol. The number of hydrogen-bond donors (Lipinski definition) is 1. The topological polar surface area (TPSA) is 98.7 Å². The van der Waals surface area contributed by atoms with Gasteiger partial charge in [0.15, 0.2) is 0 Å². The Labute approximate surface area is 120 Å². The largest absolute Gasteiger partial charge is 0.373 e. The van der Waals surface area contributed by atoms with Crippen molar-refractivity contribution in [3.05, 3.63) is 39.7 Å². The number of carbonyl (C=O) groups excluding carboxylic acids is 1. The lowest BCUT2D eigenvalue weighted by Crippen LogP contribution is -2.51. The lowest BCUT2D eigenvalue weighted by molar-refractivity contribution is -0.385. The van der Waals surface area contributed by atoms with Crippen molar-refractivity contribution in [3.8, 4) is 0 Å². The summed E-state index contributed by atoms with van der Waals surface area (Å²) in [6, 6.07) is 2.56. The van der Waals surface area contributed by atoms with Gasteiger partial charge < -0.3 is 15.4 Å². The molecule has 114 valence electrons. The van der Waals surface area contributed by atoms with E-state index in [0.29, 0.717) is 6.61 Å². The van der Waals surface area contributed by atoms with Crippen molar-refractivity contribution in [2.75, 3.05) is 19.7 Å². The van der Waals surface area contributed by atoms with Crippen LogP contribution in [0.5, 0.6) is 0 Å². The molecule has 1 aromatic carbocycles. The van der Waals surface area contributed by atoms with Crippen LogP contribution in [0.3, 0.4) is 0 Å². The Morgan fingerprint density at radius 3 is 2.95 bits per heavy atom. The summed E-state index contributed by atoms with van der Waals surface area (Å²) in [5.41, 5.74) is 5.07. The third kappa shape index (κ3) is 3.34. The number of amides is 1. The van der Waals surface area contributed by atoms with Gasteiger partial charge in [-0.15, -0.1) is 0 Å². The molecule has 1 fully saturated rings. The number of morpholine rings is 1. The zero-order valence-corrected chi connectivity index (χ0v) is 11.5. The quantitative estimate of drug-likeness (QED) is 0.660. The van der Waals surface area contributed by atoms with Gasteiger partial charge in [0.05, 0.1) is 17.6 Å². The average molecular weight is 297 g/mol. The lowest BCUT2D eigenvalue weighted by Gasteiger charge is -2.34. The Hall–Kier alpha value is -2.06. The minimum absolute atomic E-state index is 0.226. The molecule has 21 heavy (non-hydrogen) atoms. The van der Waals surface area contributed by atoms with Crippen LogP contribution in [0.15, 0.2) is 18.2 Å². The summed E-state index contributed by atoms with van der Waals surface area (Å²) in [7, 11) is 0. The average Bonchev–Trinajstić information content (AvgIpc) is 2.46. The third-order valence-corrected chi connectivity index (χ3v) is 3.35. The molecule has 0 spiro atoms. The molecule has 1 aliphatic rings. The van der Waals surface area contributed by atoms with Crippen molar-refractivity contribution < 1.29 is 18.8 Å². The Bertz CT molecular complexity index is 564. The van der Waals surface area contributed by atoms with E-state index in [9.17, 15) is 19.3 Å². The van der Waals surface area contributed by atoms with E-state index in [-0.39, 0.29) is 30.8 Å². The number of rotatable bonds is 3. The zero-order valence-electron chi connectivity index (χ0n) is 11.5. The number of nitro groups is 1. The molecule has 8 heteroatoms. The van der Waals surface area contributed by atoms with Gasteiger partial charge in [-0.3, -0.25) is 14.9 Å². The predicted octanol–water partition coefficient (Wildman–Crippen LogP) is 0.922. The highest BCUT2D eigenvalue weighted by atomic mass is 19.1. The fourth-order valence-corrected chi connectivity index (χ4v) is 2.19. The monoisotopic (exact) mass is 297 g/mol. The number of hydrogen-bond acceptors (Lipinski definition) is 5. The van der Waals surface area contributed by atoms with E-state index in [1.54, 1.807) is 6.92 Å². The van der Waals surface area contributed by atoms with Crippen molar-refractivity contribution >= 4 is 11.6 Å². The molecule has 2 N–H and O–H groups in total. The second-order valence-electron chi connectivity index (χ2n) is 4.94. The maximum atomic E-state index is 13.3. The first-order valence-corrected chi connectivity index (χ1v) is 6.50. The first kappa shape index (κ1) is 15.3. The van der Waals surface area contributed by atoms with E-state index in [1.807, 2.05) is 0 Å². The van der Waals surface area contributed by atoms with E-state index in [0.717, 1.165) is 18.2 Å². The summed E-state index contributed by atoms with van der Waals surface area (Å²) in [5, 5.41) is 11.0. The van der Waals surface area contributed by atoms with Crippen LogP contribution < -0.4 is 5.73 Å². The lowest BCUT2D eigenvalue weighted by atomic mass is 10.1. The number of carbonyl (C=O) groups is 1. The van der Waals surface area contributed by atoms with Gasteiger partial charge in [0.25, 0.3) is 11.6 Å². The van der Waals surface area contributed by atoms with Gasteiger partial charge in [-0.05, 0) is 19.1 Å². The van der Waals surface area contributed by atoms with E-state index in [1.165, 1.54) is 4.90 Å². The summed E-state index contributed by atoms with van der Waals surface area (Å²) in [6.45, 7) is 2.56. The Kier molecular flexibility index (Phi) is 4.49. The van der Waals surface area contributed by atoms with Crippen LogP contribution in [0.25, 0.3) is 0 Å². The normalized spacial score (nSPS) is 20.1. The second-order valence-corrected chi connectivity index (χ2v) is 4.94. The van der Waals surface area contributed by atoms with Crippen molar-refractivity contribution in [2.45, 2.75) is 19.1 Å². The summed E-state index contributed by atoms with van der Waals surface area (Å²) in [5.74, 6) is -1.28. The van der Waals surface area contributed by atoms with Crippen molar-refractivity contribution in [1.29, 1.82) is 0 Å². The molecule has 0 bridgehead atoms. The third-order valence-electron chi connectivity index (χ3n) is 3.35. The number of halogens is 1. The maximum Gasteiger partial charge on any atom is 0.282 e. The van der Waals surface area contributed by atoms with Gasteiger partial charge >= 0.3 is 0 Å². The maximum absolute atomic E-state index is 13.3. The molecule has 1 aromatic rings. The van der Waals surface area contributed by atoms with Crippen molar-refractivity contribution in [1.82, 2.24) is 4.90 Å². The fourth-order valence-electron chi connectivity index (χ4n) is 2.19. The molecule has 1 aliphatic heterocycles. The molecule has 1 amide bonds. The summed E-state index contributed by atoms with van der Waals surface area (Å²) < 4.78 is 18.7. The van der Waals surface area contributed by atoms with E-state index in [2.05, 4.69) is 0 Å². The van der Waals surface area contributed by atoms with Crippen molar-refractivity contribution in [2.24, 2.45) is 5.73 Å². The number of ether oxygens (including phenoxy) is 1. The second kappa shape index (κ2) is 6.15. The van der Waals surface area contributed by atoms with E-state index < -0.39 is 22.3 Å². The van der Waals surface area contributed by atoms with Gasteiger partial charge in [-0.1, -0.05) is 0 Å². The summed E-state index contributed by atoms with van der Waals surface area (Å²) in [4.78, 5) is 24.1. The van der Waals surface area contributed by atoms with Gasteiger partial charge in [-0.25, -0.2) is 4.39 Å². The Morgan fingerprint density at radius 2 is 2.33 bits per heavy atom. The minimum Gasteiger partial charge on any atom is -0.373 e. The van der Waals surface area contributed by atoms with E-state index in [4.69, 9.17) is 10.5 Å². The molecule has 7 nitrogen and oxygen atoms in total. The Balaban J connectivity index is 2.27. The molecule has 2 atom stereocenters. The van der Waals surface area contributed by atoms with Crippen LogP contribution in [0, 0.1) is 15.9 Å². The van der Waals surface area contributed by atoms with E-state index >= 15 is 0 Å². The van der Waals surface area contributed by atoms with Gasteiger partial charge in [0.1, 0.15) is 11.4 Å². The molecule has 0 radical (unpaired) electrons. The molecule has 0 saturated carbocycles. The molecule has 2 unspecified atom stereocenters. The first-order valence-electron chi connectivity index (χ1n) is 6.50. The van der Waals surface area contributed by atoms with Crippen LogP contribution in [-0.4, -0.2) is 47.6 Å². The number of benzene rings is 1. The fraction of sp³-hybridized carbons (Fsp3) is 0.462. The Morgan fingerprint density at radius 1 is 1.62 bits per heavy atom. The van der Waals surface area contributed by atoms with Crippen LogP contribution in [-0.2, 0) is 4.74 Å². The molecular formula is C13H16FN3O4. The highest BCUT2D eigenvalue weighted by Crippen LogP contribution is 2.22. The zero-order chi connectivity index (χ0) is 15.6. The van der Waals surface area contributed by atoms with Crippen LogP contribution in [0.1, 0.15) is 17.3 Å². The first-order chi connectivity index (χ1) is 9.90. The molecule has 1 saturated heterocycles. The smallest absolute Gasteiger partial charge is 0.282 e. The number of nitrogens with zero attached hydrogens (tertiary/aromatic N) is 2. The number of nitro benzene ring substituents is 1. The standard InChI is InChI=1S/C13H16FN3O4/c1-8(15)12-7-16(4-5-21-12)13(18)10-6-9(14)2-3-11(10)17(19)20/h2-3,6,8,12H,4-5,7,15H2,1H3.